The summed E-state index contributed by atoms with van der Waals surface area (Å²) in [4.78, 5) is 15.0. The van der Waals surface area contributed by atoms with Crippen LogP contribution in [0.15, 0.2) is 24.3 Å². The molecule has 5 heteroatoms. The van der Waals surface area contributed by atoms with E-state index in [4.69, 9.17) is 0 Å². The van der Waals surface area contributed by atoms with Crippen molar-refractivity contribution in [3.8, 4) is 0 Å². The van der Waals surface area contributed by atoms with E-state index in [9.17, 15) is 9.18 Å². The van der Waals surface area contributed by atoms with Gasteiger partial charge in [0.1, 0.15) is 5.82 Å². The third-order valence-electron chi connectivity index (χ3n) is 5.54. The summed E-state index contributed by atoms with van der Waals surface area (Å²) in [7, 11) is 0. The number of carbonyl (C=O) groups excluding carboxylic acids is 1. The number of nitrogens with zero attached hydrogens (tertiary/aromatic N) is 1. The fourth-order valence-electron chi connectivity index (χ4n) is 3.76. The minimum absolute atomic E-state index is 0. The van der Waals surface area contributed by atoms with Gasteiger partial charge in [-0.05, 0) is 49.9 Å². The molecule has 1 N–H and O–H groups in total. The first-order chi connectivity index (χ1) is 11.2. The highest BCUT2D eigenvalue weighted by atomic mass is 35.5. The van der Waals surface area contributed by atoms with Crippen molar-refractivity contribution in [3.63, 3.8) is 0 Å². The zero-order chi connectivity index (χ0) is 16.2. The molecule has 1 aliphatic heterocycles. The topological polar surface area (TPSA) is 32.3 Å². The van der Waals surface area contributed by atoms with Crippen molar-refractivity contribution >= 4 is 18.3 Å². The van der Waals surface area contributed by atoms with Gasteiger partial charge in [0.25, 0.3) is 0 Å². The van der Waals surface area contributed by atoms with Crippen molar-refractivity contribution in [3.05, 3.63) is 35.6 Å². The molecule has 24 heavy (non-hydrogen) atoms. The second kappa shape index (κ2) is 8.82. The number of amides is 1. The van der Waals surface area contributed by atoms with E-state index >= 15 is 0 Å². The molecule has 1 unspecified atom stereocenters. The van der Waals surface area contributed by atoms with E-state index in [-0.39, 0.29) is 30.0 Å². The largest absolute Gasteiger partial charge is 0.339 e. The van der Waals surface area contributed by atoms with Crippen molar-refractivity contribution in [2.24, 2.45) is 11.8 Å². The highest BCUT2D eigenvalue weighted by Crippen LogP contribution is 2.27. The quantitative estimate of drug-likeness (QED) is 0.849. The van der Waals surface area contributed by atoms with Crippen LogP contribution in [0.4, 0.5) is 4.39 Å². The molecular formula is C19H28ClFN2O. The third kappa shape index (κ3) is 4.28. The van der Waals surface area contributed by atoms with Gasteiger partial charge in [0.2, 0.25) is 5.91 Å². The van der Waals surface area contributed by atoms with Crippen molar-refractivity contribution < 1.29 is 9.18 Å². The lowest BCUT2D eigenvalue weighted by Gasteiger charge is -2.37. The van der Waals surface area contributed by atoms with Crippen LogP contribution in [0.5, 0.6) is 0 Å². The first-order valence-corrected chi connectivity index (χ1v) is 8.91. The molecule has 2 aliphatic rings. The molecule has 0 spiro atoms. The summed E-state index contributed by atoms with van der Waals surface area (Å²) in [6, 6.07) is 7.25. The molecule has 1 atom stereocenters. The Morgan fingerprint density at radius 3 is 2.54 bits per heavy atom. The lowest BCUT2D eigenvalue weighted by molar-refractivity contribution is -0.139. The molecule has 1 amide bonds. The summed E-state index contributed by atoms with van der Waals surface area (Å²) in [5.74, 6) is 0.625. The van der Waals surface area contributed by atoms with E-state index in [1.54, 1.807) is 6.07 Å². The van der Waals surface area contributed by atoms with Crippen LogP contribution in [0.2, 0.25) is 0 Å². The Balaban J connectivity index is 0.00000208. The zero-order valence-corrected chi connectivity index (χ0v) is 15.2. The van der Waals surface area contributed by atoms with Gasteiger partial charge < -0.3 is 10.2 Å². The summed E-state index contributed by atoms with van der Waals surface area (Å²) in [5.41, 5.74) is 0.710. The maximum absolute atomic E-state index is 13.9. The summed E-state index contributed by atoms with van der Waals surface area (Å²) in [6.07, 6.45) is 5.20. The van der Waals surface area contributed by atoms with Gasteiger partial charge in [-0.1, -0.05) is 38.0 Å². The van der Waals surface area contributed by atoms with E-state index < -0.39 is 0 Å². The molecule has 1 aromatic rings. The van der Waals surface area contributed by atoms with E-state index in [0.29, 0.717) is 30.5 Å². The number of benzene rings is 1. The summed E-state index contributed by atoms with van der Waals surface area (Å²) < 4.78 is 13.9. The van der Waals surface area contributed by atoms with Crippen LogP contribution in [-0.4, -0.2) is 36.5 Å². The fourth-order valence-corrected chi connectivity index (χ4v) is 3.76. The first kappa shape index (κ1) is 19.2. The number of hydrogen-bond acceptors (Lipinski definition) is 2. The van der Waals surface area contributed by atoms with Crippen LogP contribution >= 0.6 is 12.4 Å². The van der Waals surface area contributed by atoms with Crippen molar-refractivity contribution in [1.82, 2.24) is 10.2 Å². The Morgan fingerprint density at radius 1 is 1.29 bits per heavy atom. The summed E-state index contributed by atoms with van der Waals surface area (Å²) in [5, 5.41) is 3.25. The van der Waals surface area contributed by atoms with Crippen LogP contribution in [0.3, 0.4) is 0 Å². The van der Waals surface area contributed by atoms with Gasteiger partial charge in [-0.25, -0.2) is 4.39 Å². The highest BCUT2D eigenvalue weighted by molar-refractivity contribution is 5.85. The molecule has 0 radical (unpaired) electrons. The first-order valence-electron chi connectivity index (χ1n) is 8.91. The average Bonchev–Trinajstić information content (AvgIpc) is 3.01. The van der Waals surface area contributed by atoms with Gasteiger partial charge in [0.15, 0.2) is 0 Å². The van der Waals surface area contributed by atoms with Gasteiger partial charge in [-0.2, -0.15) is 0 Å². The maximum Gasteiger partial charge on any atom is 0.226 e. The van der Waals surface area contributed by atoms with E-state index in [0.717, 1.165) is 25.9 Å². The monoisotopic (exact) mass is 354 g/mol. The van der Waals surface area contributed by atoms with Crippen molar-refractivity contribution in [1.29, 1.82) is 0 Å². The second-order valence-electron chi connectivity index (χ2n) is 7.02. The Hall–Kier alpha value is -1.13. The van der Waals surface area contributed by atoms with Crippen LogP contribution in [0.1, 0.15) is 38.2 Å². The number of rotatable bonds is 6. The molecular weight excluding hydrogens is 327 g/mol. The molecule has 0 bridgehead atoms. The average molecular weight is 355 g/mol. The van der Waals surface area contributed by atoms with E-state index in [2.05, 4.69) is 17.1 Å². The molecule has 1 aliphatic carbocycles. The molecule has 1 aromatic carbocycles. The number of halogens is 2. The minimum Gasteiger partial charge on any atom is -0.339 e. The number of carbonyl (C=O) groups is 1. The molecule has 3 rings (SSSR count). The molecule has 1 saturated carbocycles. The lowest BCUT2D eigenvalue weighted by Crippen LogP contribution is -2.52. The predicted molar refractivity (Wildman–Crippen MR) is 96.8 cm³/mol. The fraction of sp³-hybridized carbons (Fsp3) is 0.632. The molecule has 1 saturated heterocycles. The SMILES string of the molecule is CC(C(=O)N(CCc1ccccc1F)C1CCCC1)C1CNC1.Cl. The van der Waals surface area contributed by atoms with Gasteiger partial charge >= 0.3 is 0 Å². The molecule has 3 nitrogen and oxygen atoms in total. The Morgan fingerprint density at radius 2 is 1.96 bits per heavy atom. The minimum atomic E-state index is -0.164. The number of nitrogens with one attached hydrogen (secondary N) is 1. The maximum atomic E-state index is 13.9. The van der Waals surface area contributed by atoms with Gasteiger partial charge in [-0.3, -0.25) is 4.79 Å². The highest BCUT2D eigenvalue weighted by Gasteiger charge is 2.35. The summed E-state index contributed by atoms with van der Waals surface area (Å²) in [6.45, 7) is 4.57. The van der Waals surface area contributed by atoms with E-state index in [1.807, 2.05) is 12.1 Å². The standard InChI is InChI=1S/C19H27FN2O.ClH/c1-14(16-12-21-13-16)19(23)22(17-7-3-4-8-17)11-10-15-6-2-5-9-18(15)20;/h2,5-6,9,14,16-17,21H,3-4,7-8,10-13H2,1H3;1H. The van der Waals surface area contributed by atoms with Crippen molar-refractivity contribution in [2.75, 3.05) is 19.6 Å². The van der Waals surface area contributed by atoms with Crippen LogP contribution in [-0.2, 0) is 11.2 Å². The Kier molecular flexibility index (Phi) is 7.05. The van der Waals surface area contributed by atoms with Gasteiger partial charge in [-0.15, -0.1) is 12.4 Å². The zero-order valence-electron chi connectivity index (χ0n) is 14.3. The van der Waals surface area contributed by atoms with E-state index in [1.165, 1.54) is 18.9 Å². The smallest absolute Gasteiger partial charge is 0.226 e. The molecule has 0 aromatic heterocycles. The van der Waals surface area contributed by atoms with Crippen LogP contribution in [0, 0.1) is 17.7 Å². The van der Waals surface area contributed by atoms with Gasteiger partial charge in [0.05, 0.1) is 0 Å². The van der Waals surface area contributed by atoms with Crippen molar-refractivity contribution in [2.45, 2.75) is 45.1 Å². The van der Waals surface area contributed by atoms with Gasteiger partial charge in [0, 0.05) is 18.5 Å². The molecule has 1 heterocycles. The van der Waals surface area contributed by atoms with Crippen LogP contribution < -0.4 is 5.32 Å². The Bertz CT molecular complexity index is 544. The normalized spacial score (nSPS) is 19.4. The number of hydrogen-bond donors (Lipinski definition) is 1. The Labute approximate surface area is 150 Å². The molecule has 2 fully saturated rings. The summed E-state index contributed by atoms with van der Waals surface area (Å²) >= 11 is 0. The third-order valence-corrected chi connectivity index (χ3v) is 5.54. The predicted octanol–water partition coefficient (Wildman–Crippen LogP) is 3.42. The second-order valence-corrected chi connectivity index (χ2v) is 7.02. The molecule has 134 valence electrons. The van der Waals surface area contributed by atoms with Crippen LogP contribution in [0.25, 0.3) is 0 Å². The lowest BCUT2D eigenvalue weighted by atomic mass is 9.87.